The number of nitrogens with zero attached hydrogens (tertiary/aromatic N) is 10. The summed E-state index contributed by atoms with van der Waals surface area (Å²) in [6, 6.07) is 19.6. The van der Waals surface area contributed by atoms with E-state index in [9.17, 15) is 24.6 Å². The third-order valence-electron chi connectivity index (χ3n) is 14.8. The van der Waals surface area contributed by atoms with Gasteiger partial charge in [-0.05, 0) is 237 Å². The van der Waals surface area contributed by atoms with Crippen LogP contribution in [0.2, 0.25) is 0 Å². The zero-order chi connectivity index (χ0) is 56.0. The van der Waals surface area contributed by atoms with E-state index >= 15 is 0 Å². The van der Waals surface area contributed by atoms with Gasteiger partial charge in [0.1, 0.15) is 5.82 Å². The van der Waals surface area contributed by atoms with Crippen LogP contribution in [-0.4, -0.2) is 215 Å². The van der Waals surface area contributed by atoms with Crippen molar-refractivity contribution in [2.45, 2.75) is 84.0 Å². The summed E-state index contributed by atoms with van der Waals surface area (Å²) < 4.78 is 12.1. The number of aliphatic hydroxyl groups is 1. The second kappa shape index (κ2) is 52.9. The van der Waals surface area contributed by atoms with Crippen molar-refractivity contribution in [1.29, 1.82) is 0 Å². The number of nitro groups is 2. The van der Waals surface area contributed by atoms with Gasteiger partial charge in [-0.2, -0.15) is 0 Å². The number of nitrogen functional groups attached to an aromatic ring is 1. The first-order valence-electron chi connectivity index (χ1n) is 28.9. The van der Waals surface area contributed by atoms with Crippen LogP contribution in [-0.2, 0) is 9.68 Å². The SMILES string of the molecule is C1CCN(CCCN2CCCNCC2)C1.CCO.Cl.Cl.Cl.Nc1ccc(N2CCCN(CCCN3CCCC3)CC2)cc1.O=CO[O-].O=[N+]([O-])c1ccc(F)cc1.O=[N+]([O-])c1ccc(N2CCCN(CCCN3CCCC3)CC2)cc1.[H-].[K+].[K+]. The normalized spacial score (nSPS) is 17.7. The van der Waals surface area contributed by atoms with Crippen molar-refractivity contribution in [3.05, 3.63) is 98.8 Å². The zero-order valence-electron chi connectivity index (χ0n) is 51.1. The Bertz CT molecular complexity index is 2050. The van der Waals surface area contributed by atoms with Gasteiger partial charge in [-0.3, -0.25) is 25.0 Å². The molecule has 0 radical (unpaired) electrons. The number of nitro benzene ring substituents is 2. The summed E-state index contributed by atoms with van der Waals surface area (Å²) in [5.74, 6) is -0.467. The third kappa shape index (κ3) is 37.6. The zero-order valence-corrected chi connectivity index (χ0v) is 58.8. The number of hydrogen-bond donors (Lipinski definition) is 3. The molecular formula is C57H98Cl3FK2N12O8. The van der Waals surface area contributed by atoms with Crippen LogP contribution in [0.5, 0.6) is 0 Å². The van der Waals surface area contributed by atoms with Crippen molar-refractivity contribution < 1.29 is 138 Å². The molecule has 0 saturated carbocycles. The molecule has 0 aromatic heterocycles. The van der Waals surface area contributed by atoms with Crippen molar-refractivity contribution in [3.63, 3.8) is 0 Å². The van der Waals surface area contributed by atoms with Gasteiger partial charge in [-0.1, -0.05) is 0 Å². The molecule has 4 N–H and O–H groups in total. The van der Waals surface area contributed by atoms with Crippen molar-refractivity contribution in [1.82, 2.24) is 34.7 Å². The third-order valence-corrected chi connectivity index (χ3v) is 14.8. The van der Waals surface area contributed by atoms with Gasteiger partial charge in [0.2, 0.25) is 0 Å². The standard InChI is InChI=1S/C18H28N4O2.C18H30N4.C12H25N3.C6H4FNO2.C2H6O.CH2O3.3ClH.2K.H/c23-22(24)18-7-5-17(6-8-18)21-14-4-13-20(15-16-21)12-3-11-19-9-1-2-10-19;19-17-5-7-18(8-6-17)22-14-4-13-21(15-16-22)12-3-11-20-9-1-2-10-20;1-2-8-14(7-1)10-4-11-15-9-3-5-13-6-12-15;7-5-1-3-6(4-2-5)8(9)10;1-2-3;2-1-4-3;;;;;;/h5-8H,1-4,9-16H2;5-8H,1-4,9-16,19H2;13H,1-12H2;1-4H;3H,2H2,1H3;1,3H;3*1H;;;/q;;;;;;;;;2*+1;-1/p-1. The molecule has 6 saturated heterocycles. The number of hydrogen-bond acceptors (Lipinski definition) is 18. The summed E-state index contributed by atoms with van der Waals surface area (Å²) in [5.41, 5.74) is 9.11. The fraction of sp³-hybridized carbons (Fsp3) is 0.667. The Hall–Kier alpha value is -0.957. The molecule has 6 aliphatic rings. The number of nitrogens with two attached hydrogens (primary N) is 1. The number of benzene rings is 3. The summed E-state index contributed by atoms with van der Waals surface area (Å²) in [4.78, 5) is 51.6. The van der Waals surface area contributed by atoms with E-state index in [2.05, 4.69) is 61.5 Å². The van der Waals surface area contributed by atoms with Crippen LogP contribution in [0.4, 0.5) is 32.8 Å². The van der Waals surface area contributed by atoms with Crippen molar-refractivity contribution >= 4 is 72.1 Å². The second-order valence-electron chi connectivity index (χ2n) is 20.6. The van der Waals surface area contributed by atoms with E-state index < -0.39 is 10.7 Å². The topological polar surface area (TPSA) is 220 Å². The van der Waals surface area contributed by atoms with Crippen molar-refractivity contribution in [2.75, 3.05) is 179 Å². The average Bonchev–Trinajstić information content (AvgIpc) is 4.23. The van der Waals surface area contributed by atoms with Gasteiger partial charge in [0.05, 0.1) is 9.85 Å². The van der Waals surface area contributed by atoms with Crippen LogP contribution >= 0.6 is 37.2 Å². The molecule has 0 aliphatic carbocycles. The maximum atomic E-state index is 12.1. The maximum Gasteiger partial charge on any atom is 1.00 e. The summed E-state index contributed by atoms with van der Waals surface area (Å²) in [6.45, 7) is 31.2. The first-order valence-corrected chi connectivity index (χ1v) is 28.9. The number of carbonyl (C=O) groups excluding carboxylic acids is 1. The van der Waals surface area contributed by atoms with E-state index in [1.807, 2.05) is 24.3 Å². The Balaban J connectivity index is -0.00000101. The number of nitrogens with one attached hydrogen (secondary N) is 1. The molecular weight excluding hydrogens is 1180 g/mol. The van der Waals surface area contributed by atoms with E-state index in [0.29, 0.717) is 0 Å². The largest absolute Gasteiger partial charge is 1.00 e. The van der Waals surface area contributed by atoms with E-state index in [-0.39, 0.29) is 171 Å². The van der Waals surface area contributed by atoms with E-state index in [0.717, 1.165) is 81.3 Å². The molecule has 0 bridgehead atoms. The Morgan fingerprint density at radius 1 is 0.518 bits per heavy atom. The van der Waals surface area contributed by atoms with Crippen molar-refractivity contribution in [2.24, 2.45) is 0 Å². The van der Waals surface area contributed by atoms with Crippen LogP contribution in [0.25, 0.3) is 0 Å². The minimum atomic E-state index is -0.570. The maximum absolute atomic E-state index is 12.1. The minimum absolute atomic E-state index is 0. The summed E-state index contributed by atoms with van der Waals surface area (Å²) in [5, 5.41) is 40.2. The van der Waals surface area contributed by atoms with Gasteiger partial charge < -0.3 is 66.9 Å². The quantitative estimate of drug-likeness (QED) is 0.0432. The molecule has 0 atom stereocenters. The van der Waals surface area contributed by atoms with Gasteiger partial charge in [0.25, 0.3) is 17.8 Å². The molecule has 9 rings (SSSR count). The van der Waals surface area contributed by atoms with Gasteiger partial charge in [0, 0.05) is 100 Å². The van der Waals surface area contributed by atoms with Gasteiger partial charge >= 0.3 is 103 Å². The number of likely N-dealkylation sites (tertiary alicyclic amines) is 3. The predicted octanol–water partition coefficient (Wildman–Crippen LogP) is 1.18. The number of anilines is 3. The molecule has 6 aliphatic heterocycles. The smallest absolute Gasteiger partial charge is 1.00 e. The van der Waals surface area contributed by atoms with Gasteiger partial charge in [0.15, 0.2) is 0 Å². The van der Waals surface area contributed by atoms with Crippen LogP contribution in [0.3, 0.4) is 0 Å². The Morgan fingerprint density at radius 3 is 1.17 bits per heavy atom. The number of carbonyl (C=O) groups is 1. The molecule has 0 unspecified atom stereocenters. The Morgan fingerprint density at radius 2 is 0.819 bits per heavy atom. The molecule has 0 amide bonds. The Kier molecular flexibility index (Phi) is 53.6. The molecule has 3 aromatic rings. The fourth-order valence-electron chi connectivity index (χ4n) is 10.6. The average molecular weight is 1280 g/mol. The molecule has 464 valence electrons. The van der Waals surface area contributed by atoms with E-state index in [1.54, 1.807) is 19.1 Å². The molecule has 6 heterocycles. The summed E-state index contributed by atoms with van der Waals surface area (Å²) in [7, 11) is 0. The number of aliphatic hydroxyl groups excluding tert-OH is 1. The van der Waals surface area contributed by atoms with Gasteiger partial charge in [-0.25, -0.2) is 4.39 Å². The summed E-state index contributed by atoms with van der Waals surface area (Å²) >= 11 is 0. The van der Waals surface area contributed by atoms with E-state index in [4.69, 9.17) is 20.9 Å². The number of halogens is 4. The van der Waals surface area contributed by atoms with Crippen molar-refractivity contribution in [3.8, 4) is 0 Å². The molecule has 20 nitrogen and oxygen atoms in total. The molecule has 0 spiro atoms. The fourth-order valence-corrected chi connectivity index (χ4v) is 10.6. The molecule has 6 fully saturated rings. The second-order valence-corrected chi connectivity index (χ2v) is 20.6. The first-order chi connectivity index (χ1) is 38.0. The van der Waals surface area contributed by atoms with Gasteiger partial charge in [-0.15, -0.1) is 37.2 Å². The monoisotopic (exact) mass is 1280 g/mol. The predicted molar refractivity (Wildman–Crippen MR) is 331 cm³/mol. The molecule has 83 heavy (non-hydrogen) atoms. The minimum Gasteiger partial charge on any atom is -1.00 e. The molecule has 26 heteroatoms. The number of rotatable bonds is 17. The molecule has 3 aromatic carbocycles. The Labute approximate surface area is 600 Å². The van der Waals surface area contributed by atoms with Crippen LogP contribution < -0.4 is 129 Å². The first kappa shape index (κ1) is 84.1. The van der Waals surface area contributed by atoms with E-state index in [1.165, 1.54) is 194 Å². The van der Waals surface area contributed by atoms with Crippen LogP contribution in [0, 0.1) is 26.0 Å². The van der Waals surface area contributed by atoms with Crippen LogP contribution in [0.15, 0.2) is 72.8 Å². The van der Waals surface area contributed by atoms with Crippen LogP contribution in [0.1, 0.15) is 85.4 Å². The number of non-ortho nitro benzene ring substituents is 2. The summed E-state index contributed by atoms with van der Waals surface area (Å²) in [6.07, 6.45) is 16.1.